The lowest BCUT2D eigenvalue weighted by atomic mass is 9.41. The lowest BCUT2D eigenvalue weighted by Crippen LogP contribution is -2.60. The van der Waals surface area contributed by atoms with Gasteiger partial charge in [0.05, 0.1) is 56.3 Å². The molecule has 9 heteroatoms. The number of fused-ring (bicyclic) bond motifs is 4. The van der Waals surface area contributed by atoms with E-state index < -0.39 is 17.8 Å². The fourth-order valence-corrected chi connectivity index (χ4v) is 14.2. The molecule has 0 bridgehead atoms. The van der Waals surface area contributed by atoms with Gasteiger partial charge in [-0.1, -0.05) is 34.6 Å². The first-order valence-electron chi connectivity index (χ1n) is 19.8. The molecule has 0 aromatic rings. The molecule has 7 rings (SSSR count). The summed E-state index contributed by atoms with van der Waals surface area (Å²) in [5, 5.41) is 23.7. The Morgan fingerprint density at radius 1 is 1.02 bits per heavy atom. The van der Waals surface area contributed by atoms with Crippen molar-refractivity contribution in [3.05, 3.63) is 0 Å². The second kappa shape index (κ2) is 12.4. The van der Waals surface area contributed by atoms with E-state index in [1.807, 2.05) is 27.7 Å². The number of aliphatic hydroxyl groups is 2. The first kappa shape index (κ1) is 36.5. The molecule has 2 aliphatic heterocycles. The Morgan fingerprint density at radius 2 is 1.73 bits per heavy atom. The van der Waals surface area contributed by atoms with Gasteiger partial charge in [0, 0.05) is 18.6 Å². The van der Waals surface area contributed by atoms with Gasteiger partial charge in [-0.25, -0.2) is 0 Å². The number of ether oxygens (including phenoxy) is 5. The predicted molar refractivity (Wildman–Crippen MR) is 185 cm³/mol. The van der Waals surface area contributed by atoms with Crippen molar-refractivity contribution in [2.24, 2.45) is 50.7 Å². The molecule has 5 saturated carbocycles. The Morgan fingerprint density at radius 3 is 2.43 bits per heavy atom. The van der Waals surface area contributed by atoms with E-state index in [0.717, 1.165) is 32.1 Å². The van der Waals surface area contributed by atoms with E-state index in [4.69, 9.17) is 23.7 Å². The van der Waals surface area contributed by atoms with Crippen LogP contribution in [0.25, 0.3) is 0 Å². The van der Waals surface area contributed by atoms with Crippen molar-refractivity contribution in [2.75, 3.05) is 39.5 Å². The van der Waals surface area contributed by atoms with Crippen LogP contribution in [0.5, 0.6) is 0 Å². The van der Waals surface area contributed by atoms with Gasteiger partial charge in [0.25, 0.3) is 0 Å². The minimum absolute atomic E-state index is 0.000330. The zero-order chi connectivity index (χ0) is 35.4. The Bertz CT molecular complexity index is 1250. The number of esters is 1. The van der Waals surface area contributed by atoms with Crippen molar-refractivity contribution in [2.45, 2.75) is 156 Å². The van der Waals surface area contributed by atoms with E-state index in [1.165, 1.54) is 19.3 Å². The lowest BCUT2D eigenvalue weighted by molar-refractivity contribution is -0.249. The summed E-state index contributed by atoms with van der Waals surface area (Å²) in [7, 11) is 0. The predicted octanol–water partition coefficient (Wildman–Crippen LogP) is 5.58. The van der Waals surface area contributed by atoms with Gasteiger partial charge in [-0.3, -0.25) is 9.69 Å². The monoisotopic (exact) mass is 689 g/mol. The number of hydrogen-bond donors (Lipinski definition) is 2. The average Bonchev–Trinajstić information content (AvgIpc) is 3.65. The number of nitrogens with zero attached hydrogens (tertiary/aromatic N) is 1. The van der Waals surface area contributed by atoms with Gasteiger partial charge in [-0.2, -0.15) is 0 Å². The van der Waals surface area contributed by atoms with Gasteiger partial charge in [-0.05, 0) is 124 Å². The third kappa shape index (κ3) is 5.27. The third-order valence-electron chi connectivity index (χ3n) is 16.2. The topological polar surface area (TPSA) is 107 Å². The SMILES string of the molecule is CCOC(=O)CN1CCO[C@@H](O[C@H]2CC[C@]34CC35CC[C@]3(C)[C@@H]6C(OC([C@H](OCC)C(C)(C)O)C[C@H]6C)[C@H](O)[C@@]3(C)C5CC[C@H]4C2(C)C)C1. The molecular weight excluding hydrogens is 622 g/mol. The molecule has 0 amide bonds. The van der Waals surface area contributed by atoms with Gasteiger partial charge in [-0.15, -0.1) is 0 Å². The molecule has 14 atom stereocenters. The summed E-state index contributed by atoms with van der Waals surface area (Å²) in [5.74, 6) is 1.51. The molecule has 5 aliphatic carbocycles. The molecule has 49 heavy (non-hydrogen) atoms. The summed E-state index contributed by atoms with van der Waals surface area (Å²) in [6.07, 6.45) is 7.33. The third-order valence-corrected chi connectivity index (χ3v) is 16.2. The fourth-order valence-electron chi connectivity index (χ4n) is 14.2. The van der Waals surface area contributed by atoms with Crippen LogP contribution >= 0.6 is 0 Å². The standard InChI is InChI=1S/C40H67NO8/c1-10-45-29(42)21-41-18-19-47-30(22-41)49-28-14-15-39-23-40(39)17-16-37(8)31-24(3)20-25(34(46-11-2)36(6,7)44)48-32(31)33(43)38(37,9)27(40)13-12-26(39)35(28,4)5/h24-28,30-34,43-44H,10-23H2,1-9H3/t24-,25?,26+,27?,28+,30+,31+,32?,33+,34+,37-,38-,39-,40?/m1/s1. The number of aliphatic hydroxyl groups excluding tert-OH is 1. The molecule has 0 aromatic heterocycles. The quantitative estimate of drug-likeness (QED) is 0.300. The van der Waals surface area contributed by atoms with Crippen molar-refractivity contribution in [1.82, 2.24) is 4.90 Å². The minimum Gasteiger partial charge on any atom is -0.465 e. The highest BCUT2D eigenvalue weighted by atomic mass is 16.7. The van der Waals surface area contributed by atoms with Crippen LogP contribution in [-0.4, -0.2) is 103 Å². The first-order chi connectivity index (χ1) is 23.0. The van der Waals surface area contributed by atoms with Gasteiger partial charge in [0.15, 0.2) is 6.29 Å². The summed E-state index contributed by atoms with van der Waals surface area (Å²) in [6, 6.07) is 0. The highest BCUT2D eigenvalue weighted by Gasteiger charge is 2.84. The molecule has 280 valence electrons. The van der Waals surface area contributed by atoms with Gasteiger partial charge in [0.1, 0.15) is 6.10 Å². The number of rotatable bonds is 9. The van der Waals surface area contributed by atoms with Crippen LogP contribution in [0.15, 0.2) is 0 Å². The summed E-state index contributed by atoms with van der Waals surface area (Å²) in [4.78, 5) is 14.3. The Hall–Kier alpha value is -0.810. The van der Waals surface area contributed by atoms with Crippen molar-refractivity contribution in [3.63, 3.8) is 0 Å². The maximum absolute atomic E-state index is 12.6. The van der Waals surface area contributed by atoms with Crippen LogP contribution in [0.3, 0.4) is 0 Å². The van der Waals surface area contributed by atoms with Crippen molar-refractivity contribution in [3.8, 4) is 0 Å². The zero-order valence-corrected chi connectivity index (χ0v) is 32.0. The van der Waals surface area contributed by atoms with E-state index in [2.05, 4.69) is 39.5 Å². The minimum atomic E-state index is -1.03. The Kier molecular flexibility index (Phi) is 9.23. The second-order valence-corrected chi connectivity index (χ2v) is 19.0. The van der Waals surface area contributed by atoms with Crippen LogP contribution in [0, 0.1) is 50.7 Å². The van der Waals surface area contributed by atoms with Crippen LogP contribution in [0.2, 0.25) is 0 Å². The highest BCUT2D eigenvalue weighted by Crippen LogP contribution is 2.89. The lowest BCUT2D eigenvalue weighted by Gasteiger charge is -2.64. The van der Waals surface area contributed by atoms with Crippen LogP contribution in [0.4, 0.5) is 0 Å². The molecule has 9 nitrogen and oxygen atoms in total. The maximum atomic E-state index is 12.6. The maximum Gasteiger partial charge on any atom is 0.320 e. The second-order valence-electron chi connectivity index (χ2n) is 19.0. The summed E-state index contributed by atoms with van der Waals surface area (Å²) in [5.41, 5.74) is -0.698. The van der Waals surface area contributed by atoms with E-state index in [0.29, 0.717) is 56.1 Å². The summed E-state index contributed by atoms with van der Waals surface area (Å²) >= 11 is 0. The smallest absolute Gasteiger partial charge is 0.320 e. The largest absolute Gasteiger partial charge is 0.465 e. The van der Waals surface area contributed by atoms with E-state index >= 15 is 0 Å². The molecule has 0 radical (unpaired) electrons. The van der Waals surface area contributed by atoms with Crippen molar-refractivity contribution >= 4 is 5.97 Å². The van der Waals surface area contributed by atoms with Gasteiger partial charge >= 0.3 is 5.97 Å². The fraction of sp³-hybridized carbons (Fsp3) is 0.975. The highest BCUT2D eigenvalue weighted by molar-refractivity contribution is 5.71. The molecule has 2 saturated heterocycles. The van der Waals surface area contributed by atoms with Crippen molar-refractivity contribution in [1.29, 1.82) is 0 Å². The van der Waals surface area contributed by atoms with Crippen LogP contribution in [0.1, 0.15) is 114 Å². The summed E-state index contributed by atoms with van der Waals surface area (Å²) in [6.45, 7) is 22.7. The van der Waals surface area contributed by atoms with E-state index in [9.17, 15) is 15.0 Å². The van der Waals surface area contributed by atoms with E-state index in [1.54, 1.807) is 0 Å². The molecule has 2 N–H and O–H groups in total. The molecule has 7 aliphatic rings. The zero-order valence-electron chi connectivity index (χ0n) is 32.0. The van der Waals surface area contributed by atoms with Gasteiger partial charge < -0.3 is 33.9 Å². The summed E-state index contributed by atoms with van der Waals surface area (Å²) < 4.78 is 31.2. The molecule has 7 fully saturated rings. The molecule has 2 spiro atoms. The van der Waals surface area contributed by atoms with Crippen LogP contribution in [-0.2, 0) is 28.5 Å². The normalized spacial score (nSPS) is 49.5. The molecule has 0 aromatic carbocycles. The molecular formula is C40H67NO8. The molecule has 4 unspecified atom stereocenters. The number of hydrogen-bond acceptors (Lipinski definition) is 9. The Labute approximate surface area is 295 Å². The average molecular weight is 690 g/mol. The Balaban J connectivity index is 1.09. The van der Waals surface area contributed by atoms with Gasteiger partial charge in [0.2, 0.25) is 0 Å². The number of morpholine rings is 1. The first-order valence-corrected chi connectivity index (χ1v) is 19.8. The van der Waals surface area contributed by atoms with Crippen LogP contribution < -0.4 is 0 Å². The number of carbonyl (C=O) groups is 1. The molecule has 2 heterocycles. The van der Waals surface area contributed by atoms with Crippen molar-refractivity contribution < 1.29 is 38.7 Å². The van der Waals surface area contributed by atoms with E-state index in [-0.39, 0.29) is 64.7 Å². The number of carbonyl (C=O) groups excluding carboxylic acids is 1.